The van der Waals surface area contributed by atoms with Gasteiger partial charge in [0.1, 0.15) is 23.6 Å². The lowest BCUT2D eigenvalue weighted by Gasteiger charge is -2.33. The lowest BCUT2D eigenvalue weighted by Crippen LogP contribution is -2.53. The van der Waals surface area contributed by atoms with Crippen molar-refractivity contribution in [2.75, 3.05) is 32.8 Å². The van der Waals surface area contributed by atoms with Gasteiger partial charge in [0.25, 0.3) is 11.8 Å². The number of carbonyl (C=O) groups is 5. The number of nitrogens with zero attached hydrogens (tertiary/aromatic N) is 2. The number of carboxylic acids is 1. The van der Waals surface area contributed by atoms with Gasteiger partial charge in [0, 0.05) is 32.6 Å². The van der Waals surface area contributed by atoms with Gasteiger partial charge in [0.05, 0.1) is 10.7 Å². The number of hydrogen-bond acceptors (Lipinski definition) is 8. The predicted molar refractivity (Wildman–Crippen MR) is 190 cm³/mol. The maximum atomic E-state index is 13.3. The third-order valence-electron chi connectivity index (χ3n) is 8.29. The van der Waals surface area contributed by atoms with Crippen molar-refractivity contribution in [1.29, 1.82) is 0 Å². The number of fused-ring (bicyclic) bond motifs is 1. The highest BCUT2D eigenvalue weighted by Crippen LogP contribution is 2.33. The van der Waals surface area contributed by atoms with Crippen molar-refractivity contribution in [2.45, 2.75) is 38.8 Å². The highest BCUT2D eigenvalue weighted by Gasteiger charge is 2.29. The molecule has 3 aromatic carbocycles. The second-order valence-electron chi connectivity index (χ2n) is 12.5. The number of carboxylic acid groups (broad SMARTS) is 1. The van der Waals surface area contributed by atoms with Gasteiger partial charge < -0.3 is 39.4 Å². The zero-order valence-electron chi connectivity index (χ0n) is 28.2. The van der Waals surface area contributed by atoms with Crippen LogP contribution in [0, 0.1) is 5.92 Å². The molecule has 5 rings (SSSR count). The predicted octanol–water partition coefficient (Wildman–Crippen LogP) is 4.87. The van der Waals surface area contributed by atoms with E-state index in [0.29, 0.717) is 28.9 Å². The van der Waals surface area contributed by atoms with E-state index in [1.54, 1.807) is 47.4 Å². The molecule has 1 aliphatic heterocycles. The lowest BCUT2D eigenvalue weighted by molar-refractivity contribution is -0.142. The van der Waals surface area contributed by atoms with Crippen LogP contribution in [-0.2, 0) is 20.8 Å². The topological polar surface area (TPSA) is 168 Å². The molecule has 0 saturated carbocycles. The second kappa shape index (κ2) is 17.0. The Hall–Kier alpha value is -5.37. The summed E-state index contributed by atoms with van der Waals surface area (Å²) in [6, 6.07) is 18.6. The molecule has 0 unspecified atom stereocenters. The first kappa shape index (κ1) is 36.9. The number of nitrogens with one attached hydrogen (secondary N) is 2. The highest BCUT2D eigenvalue weighted by atomic mass is 79.9. The number of carbonyl (C=O) groups excluding carboxylic acids is 4. The lowest BCUT2D eigenvalue weighted by atomic mass is 10.0. The Morgan fingerprint density at radius 2 is 1.57 bits per heavy atom. The van der Waals surface area contributed by atoms with Crippen molar-refractivity contribution >= 4 is 56.5 Å². The summed E-state index contributed by atoms with van der Waals surface area (Å²) in [5.41, 5.74) is 0.575. The van der Waals surface area contributed by atoms with E-state index in [1.807, 2.05) is 44.2 Å². The van der Waals surface area contributed by atoms with Crippen molar-refractivity contribution in [3.63, 3.8) is 0 Å². The minimum absolute atomic E-state index is 0.0169. The molecule has 4 amide bonds. The molecular weight excluding hydrogens is 724 g/mol. The summed E-state index contributed by atoms with van der Waals surface area (Å²) in [7, 11) is 0. The summed E-state index contributed by atoms with van der Waals surface area (Å²) in [5.74, 6) is -1.67. The quantitative estimate of drug-likeness (QED) is 0.172. The van der Waals surface area contributed by atoms with Gasteiger partial charge in [-0.1, -0.05) is 56.3 Å². The minimum atomic E-state index is -1.29. The average molecular weight is 764 g/mol. The summed E-state index contributed by atoms with van der Waals surface area (Å²) in [5, 5.41) is 17.1. The van der Waals surface area contributed by atoms with Crippen molar-refractivity contribution in [3.05, 3.63) is 94.9 Å². The molecule has 0 bridgehead atoms. The maximum Gasteiger partial charge on any atom is 0.415 e. The van der Waals surface area contributed by atoms with Gasteiger partial charge in [-0.15, -0.1) is 0 Å². The van der Waals surface area contributed by atoms with Gasteiger partial charge in [-0.05, 0) is 74.9 Å². The van der Waals surface area contributed by atoms with Crippen molar-refractivity contribution in [3.8, 4) is 11.5 Å². The Bertz CT molecular complexity index is 1860. The van der Waals surface area contributed by atoms with Crippen LogP contribution in [0.15, 0.2) is 87.9 Å². The molecular formula is C37H39BrN4O9. The molecule has 14 heteroatoms. The largest absolute Gasteiger partial charge is 0.483 e. The fourth-order valence-electron chi connectivity index (χ4n) is 5.62. The summed E-state index contributed by atoms with van der Waals surface area (Å²) in [4.78, 5) is 66.7. The first-order chi connectivity index (χ1) is 24.5. The van der Waals surface area contributed by atoms with E-state index in [1.165, 1.54) is 11.2 Å². The van der Waals surface area contributed by atoms with Crippen molar-refractivity contribution < 1.29 is 43.0 Å². The van der Waals surface area contributed by atoms with Crippen molar-refractivity contribution in [1.82, 2.24) is 20.4 Å². The Morgan fingerprint density at radius 1 is 0.863 bits per heavy atom. The van der Waals surface area contributed by atoms with Crippen LogP contribution in [-0.4, -0.2) is 89.6 Å². The summed E-state index contributed by atoms with van der Waals surface area (Å²) < 4.78 is 17.1. The first-order valence-electron chi connectivity index (χ1n) is 16.5. The van der Waals surface area contributed by atoms with Gasteiger partial charge in [-0.25, -0.2) is 9.59 Å². The van der Waals surface area contributed by atoms with Crippen LogP contribution in [0.3, 0.4) is 0 Å². The molecule has 0 radical (unpaired) electrons. The van der Waals surface area contributed by atoms with Gasteiger partial charge >= 0.3 is 12.1 Å². The van der Waals surface area contributed by atoms with E-state index in [0.717, 1.165) is 10.8 Å². The SMILES string of the molecule is CC(C)C[C@H](NC(=O)COc1ccc2ccccc2c1Br)C(=O)N[C@@H](Cc1ccc(OC(=O)N2CCN(C(=O)c3ccco3)CC2)cc1)C(=O)O. The van der Waals surface area contributed by atoms with E-state index in [9.17, 15) is 29.1 Å². The number of amides is 4. The Balaban J connectivity index is 1.12. The number of piperazine rings is 1. The maximum absolute atomic E-state index is 13.3. The van der Waals surface area contributed by atoms with Gasteiger partial charge in [-0.2, -0.15) is 0 Å². The van der Waals surface area contributed by atoms with Gasteiger partial charge in [0.2, 0.25) is 5.91 Å². The number of aliphatic carboxylic acids is 1. The number of halogens is 1. The molecule has 13 nitrogen and oxygen atoms in total. The number of benzene rings is 3. The molecule has 4 aromatic rings. The van der Waals surface area contributed by atoms with Crippen LogP contribution < -0.4 is 20.1 Å². The van der Waals surface area contributed by atoms with E-state index in [4.69, 9.17) is 13.9 Å². The minimum Gasteiger partial charge on any atom is -0.483 e. The molecule has 0 aliphatic carbocycles. The van der Waals surface area contributed by atoms with Gasteiger partial charge in [-0.3, -0.25) is 14.4 Å². The molecule has 51 heavy (non-hydrogen) atoms. The molecule has 1 fully saturated rings. The summed E-state index contributed by atoms with van der Waals surface area (Å²) in [6.07, 6.45) is 1.08. The standard InChI is InChI=1S/C37H39BrN4O9/c1-23(2)20-28(39-32(43)22-50-30-14-11-25-6-3-4-7-27(25)33(30)38)34(44)40-29(36(46)47)21-24-9-12-26(13-10-24)51-37(48)42-17-15-41(16-18-42)35(45)31-8-5-19-49-31/h3-14,19,23,28-29H,15-18,20-22H2,1-2H3,(H,39,43)(H,40,44)(H,46,47)/t28-,29-/m0/s1. The third kappa shape index (κ3) is 9.87. The number of ether oxygens (including phenoxy) is 2. The van der Waals surface area contributed by atoms with Crippen LogP contribution in [0.2, 0.25) is 0 Å². The molecule has 0 spiro atoms. The van der Waals surface area contributed by atoms with E-state index >= 15 is 0 Å². The van der Waals surface area contributed by atoms with E-state index in [2.05, 4.69) is 26.6 Å². The Labute approximate surface area is 303 Å². The fraction of sp³-hybridized carbons (Fsp3) is 0.324. The van der Waals surface area contributed by atoms with Crippen LogP contribution in [0.1, 0.15) is 36.4 Å². The monoisotopic (exact) mass is 762 g/mol. The molecule has 2 heterocycles. The number of furan rings is 1. The third-order valence-corrected chi connectivity index (χ3v) is 9.10. The molecule has 3 N–H and O–H groups in total. The Kier molecular flexibility index (Phi) is 12.3. The normalized spacial score (nSPS) is 14.1. The molecule has 2 atom stereocenters. The second-order valence-corrected chi connectivity index (χ2v) is 13.3. The van der Waals surface area contributed by atoms with Crippen molar-refractivity contribution in [2.24, 2.45) is 5.92 Å². The zero-order chi connectivity index (χ0) is 36.5. The zero-order valence-corrected chi connectivity index (χ0v) is 29.8. The fourth-order valence-corrected chi connectivity index (χ4v) is 6.23. The van der Waals surface area contributed by atoms with E-state index in [-0.39, 0.29) is 55.9 Å². The molecule has 268 valence electrons. The summed E-state index contributed by atoms with van der Waals surface area (Å²) >= 11 is 3.53. The smallest absolute Gasteiger partial charge is 0.415 e. The van der Waals surface area contributed by atoms with Crippen LogP contribution in [0.5, 0.6) is 11.5 Å². The number of rotatable bonds is 13. The van der Waals surface area contributed by atoms with Crippen LogP contribution in [0.25, 0.3) is 10.8 Å². The van der Waals surface area contributed by atoms with Gasteiger partial charge in [0.15, 0.2) is 12.4 Å². The Morgan fingerprint density at radius 3 is 2.24 bits per heavy atom. The van der Waals surface area contributed by atoms with Crippen LogP contribution >= 0.6 is 15.9 Å². The van der Waals surface area contributed by atoms with Crippen LogP contribution in [0.4, 0.5) is 4.79 Å². The highest BCUT2D eigenvalue weighted by molar-refractivity contribution is 9.10. The molecule has 1 aliphatic rings. The number of hydrogen-bond donors (Lipinski definition) is 3. The summed E-state index contributed by atoms with van der Waals surface area (Å²) in [6.45, 7) is 4.67. The van der Waals surface area contributed by atoms with E-state index < -0.39 is 36.0 Å². The molecule has 1 saturated heterocycles. The first-order valence-corrected chi connectivity index (χ1v) is 17.3. The molecule has 1 aromatic heterocycles. The average Bonchev–Trinajstić information content (AvgIpc) is 3.66.